The summed E-state index contributed by atoms with van der Waals surface area (Å²) in [5.41, 5.74) is 2.03. The third kappa shape index (κ3) is 4.64. The first kappa shape index (κ1) is 18.6. The summed E-state index contributed by atoms with van der Waals surface area (Å²) in [7, 11) is -1.67. The van der Waals surface area contributed by atoms with Crippen LogP contribution in [0.1, 0.15) is 48.0 Å². The molecule has 0 saturated heterocycles. The highest BCUT2D eigenvalue weighted by molar-refractivity contribution is 14.1. The van der Waals surface area contributed by atoms with Crippen LogP contribution in [0.2, 0.25) is 16.6 Å². The zero-order chi connectivity index (χ0) is 14.3. The van der Waals surface area contributed by atoms with Crippen molar-refractivity contribution in [3.63, 3.8) is 0 Å². The number of hydrogen-bond donors (Lipinski definition) is 0. The molecule has 0 heterocycles. The highest BCUT2D eigenvalue weighted by atomic mass is 127. The Morgan fingerprint density at radius 3 is 1.78 bits per heavy atom. The molecule has 0 aromatic rings. The molecule has 3 heteroatoms. The third-order valence-corrected chi connectivity index (χ3v) is 11.3. The second-order valence-electron chi connectivity index (χ2n) is 6.17. The van der Waals surface area contributed by atoms with Crippen LogP contribution in [0.25, 0.3) is 0 Å². The van der Waals surface area contributed by atoms with Crippen molar-refractivity contribution in [2.75, 3.05) is 11.0 Å². The third-order valence-electron chi connectivity index (χ3n) is 3.99. The fraction of sp³-hybridized carbons (Fsp3) is 0.867. The summed E-state index contributed by atoms with van der Waals surface area (Å²) in [6.45, 7) is 18.8. The lowest BCUT2D eigenvalue weighted by molar-refractivity contribution is 0.234. The molecule has 0 radical (unpaired) electrons. The van der Waals surface area contributed by atoms with Crippen LogP contribution in [-0.2, 0) is 4.43 Å². The Morgan fingerprint density at radius 1 is 1.06 bits per heavy atom. The summed E-state index contributed by atoms with van der Waals surface area (Å²) in [4.78, 5) is 0. The minimum absolute atomic E-state index is 0.631. The molecular weight excluding hydrogens is 351 g/mol. The van der Waals surface area contributed by atoms with Gasteiger partial charge in [-0.15, -0.1) is 6.58 Å². The van der Waals surface area contributed by atoms with Crippen LogP contribution < -0.4 is 0 Å². The minimum atomic E-state index is -1.67. The first-order valence-corrected chi connectivity index (χ1v) is 10.8. The highest BCUT2D eigenvalue weighted by Crippen LogP contribution is 2.42. The van der Waals surface area contributed by atoms with E-state index < -0.39 is 8.32 Å². The molecule has 0 fully saturated rings. The minimum Gasteiger partial charge on any atom is -0.416 e. The van der Waals surface area contributed by atoms with Crippen molar-refractivity contribution < 1.29 is 4.43 Å². The van der Waals surface area contributed by atoms with Crippen molar-refractivity contribution in [1.82, 2.24) is 0 Å². The fourth-order valence-electron chi connectivity index (χ4n) is 3.17. The van der Waals surface area contributed by atoms with Gasteiger partial charge >= 0.3 is 0 Å². The number of halogens is 1. The maximum absolute atomic E-state index is 6.61. The van der Waals surface area contributed by atoms with Gasteiger partial charge in [0, 0.05) is 11.0 Å². The van der Waals surface area contributed by atoms with Gasteiger partial charge in [-0.3, -0.25) is 0 Å². The first-order chi connectivity index (χ1) is 8.32. The zero-order valence-corrected chi connectivity index (χ0v) is 16.2. The lowest BCUT2D eigenvalue weighted by Crippen LogP contribution is -2.48. The van der Waals surface area contributed by atoms with Crippen LogP contribution in [-0.4, -0.2) is 19.4 Å². The maximum Gasteiger partial charge on any atom is 0.200 e. The van der Waals surface area contributed by atoms with Gasteiger partial charge in [0.1, 0.15) is 0 Å². The van der Waals surface area contributed by atoms with Gasteiger partial charge in [0.2, 0.25) is 0 Å². The van der Waals surface area contributed by atoms with E-state index in [1.807, 2.05) is 6.08 Å². The molecule has 0 bridgehead atoms. The van der Waals surface area contributed by atoms with E-state index >= 15 is 0 Å². The van der Waals surface area contributed by atoms with Gasteiger partial charge in [0.05, 0.1) is 0 Å². The van der Waals surface area contributed by atoms with E-state index in [-0.39, 0.29) is 0 Å². The lowest BCUT2D eigenvalue weighted by atomic mass is 10.1. The summed E-state index contributed by atoms with van der Waals surface area (Å²) in [6.07, 6.45) is 3.09. The lowest BCUT2D eigenvalue weighted by Gasteiger charge is -2.43. The fourth-order valence-corrected chi connectivity index (χ4v) is 9.31. The molecule has 0 aromatic carbocycles. The topological polar surface area (TPSA) is 9.23 Å². The average Bonchev–Trinajstić information content (AvgIpc) is 2.26. The van der Waals surface area contributed by atoms with Gasteiger partial charge in [-0.1, -0.05) is 70.2 Å². The molecule has 0 N–H and O–H groups in total. The molecule has 0 rings (SSSR count). The van der Waals surface area contributed by atoms with Gasteiger partial charge in [0.15, 0.2) is 8.32 Å². The first-order valence-electron chi connectivity index (χ1n) is 7.13. The van der Waals surface area contributed by atoms with Gasteiger partial charge < -0.3 is 4.43 Å². The van der Waals surface area contributed by atoms with Crippen LogP contribution in [0.3, 0.4) is 0 Å². The normalized spacial score (nSPS) is 14.6. The van der Waals surface area contributed by atoms with E-state index in [1.54, 1.807) is 0 Å². The smallest absolute Gasteiger partial charge is 0.200 e. The molecule has 108 valence electrons. The van der Waals surface area contributed by atoms with Crippen molar-refractivity contribution in [3.05, 3.63) is 12.7 Å². The Hall–Kier alpha value is 0.647. The zero-order valence-electron chi connectivity index (χ0n) is 13.0. The summed E-state index contributed by atoms with van der Waals surface area (Å²) in [5, 5.41) is 0. The molecule has 0 aliphatic rings. The van der Waals surface area contributed by atoms with Crippen molar-refractivity contribution in [1.29, 1.82) is 0 Å². The Labute approximate surface area is 129 Å². The highest BCUT2D eigenvalue weighted by Gasteiger charge is 2.45. The monoisotopic (exact) mass is 382 g/mol. The standard InChI is InChI=1S/C15H31IOSi/c1-8-9-15(10-16)11-17-18(12(2)3,13(4)5)14(6)7/h8,12-15H,1,9-11H2,2-7H3/t15-/m1/s1. The van der Waals surface area contributed by atoms with Crippen molar-refractivity contribution in [2.24, 2.45) is 5.92 Å². The van der Waals surface area contributed by atoms with Crippen LogP contribution in [0.5, 0.6) is 0 Å². The predicted octanol–water partition coefficient (Wildman–Crippen LogP) is 5.81. The van der Waals surface area contributed by atoms with Crippen LogP contribution in [0.4, 0.5) is 0 Å². The summed E-state index contributed by atoms with van der Waals surface area (Å²) < 4.78 is 7.76. The number of rotatable bonds is 9. The quantitative estimate of drug-likeness (QED) is 0.212. The molecule has 0 aliphatic heterocycles. The van der Waals surface area contributed by atoms with E-state index in [0.29, 0.717) is 22.5 Å². The molecule has 0 amide bonds. The van der Waals surface area contributed by atoms with Crippen LogP contribution in [0.15, 0.2) is 12.7 Å². The Balaban J connectivity index is 4.84. The molecule has 1 nitrogen and oxygen atoms in total. The molecule has 0 aromatic heterocycles. The van der Waals surface area contributed by atoms with E-state index in [2.05, 4.69) is 70.7 Å². The molecule has 0 unspecified atom stereocenters. The Kier molecular flexibility index (Phi) is 9.06. The Bertz CT molecular complexity index is 217. The van der Waals surface area contributed by atoms with Gasteiger partial charge in [-0.25, -0.2) is 0 Å². The predicted molar refractivity (Wildman–Crippen MR) is 94.2 cm³/mol. The van der Waals surface area contributed by atoms with Gasteiger partial charge in [-0.2, -0.15) is 0 Å². The summed E-state index contributed by atoms with van der Waals surface area (Å²) in [6, 6.07) is 0. The second-order valence-corrected chi connectivity index (χ2v) is 12.5. The van der Waals surface area contributed by atoms with Crippen molar-refractivity contribution in [3.8, 4) is 0 Å². The molecule has 0 spiro atoms. The van der Waals surface area contributed by atoms with Crippen molar-refractivity contribution in [2.45, 2.75) is 64.6 Å². The molecule has 1 atom stereocenters. The number of allylic oxidation sites excluding steroid dienone is 1. The SMILES string of the molecule is C=CC[C@H](CI)CO[Si](C(C)C)(C(C)C)C(C)C. The van der Waals surface area contributed by atoms with E-state index in [9.17, 15) is 0 Å². The molecule has 18 heavy (non-hydrogen) atoms. The van der Waals surface area contributed by atoms with Gasteiger partial charge in [-0.05, 0) is 29.0 Å². The number of alkyl halides is 1. The van der Waals surface area contributed by atoms with Crippen LogP contribution in [0, 0.1) is 5.92 Å². The molecular formula is C15H31IOSi. The molecule has 0 saturated carbocycles. The van der Waals surface area contributed by atoms with Crippen molar-refractivity contribution >= 4 is 30.9 Å². The second kappa shape index (κ2) is 8.75. The van der Waals surface area contributed by atoms with Gasteiger partial charge in [0.25, 0.3) is 0 Å². The van der Waals surface area contributed by atoms with Crippen LogP contribution >= 0.6 is 22.6 Å². The van der Waals surface area contributed by atoms with E-state index in [4.69, 9.17) is 4.43 Å². The number of hydrogen-bond acceptors (Lipinski definition) is 1. The summed E-state index contributed by atoms with van der Waals surface area (Å²) in [5.74, 6) is 0.631. The maximum atomic E-state index is 6.61. The molecule has 0 aliphatic carbocycles. The average molecular weight is 382 g/mol. The summed E-state index contributed by atoms with van der Waals surface area (Å²) >= 11 is 2.46. The van der Waals surface area contributed by atoms with E-state index in [0.717, 1.165) is 17.5 Å². The van der Waals surface area contributed by atoms with E-state index in [1.165, 1.54) is 0 Å². The largest absolute Gasteiger partial charge is 0.416 e. The Morgan fingerprint density at radius 2 is 1.50 bits per heavy atom.